The molecule has 0 spiro atoms. The van der Waals surface area contributed by atoms with Crippen molar-refractivity contribution in [1.29, 1.82) is 0 Å². The molecule has 3 heteroatoms. The SMILES string of the molecule is CN1CCC(O)(c2ccccc2C(S)c2cccc3ccccc23)CC1. The summed E-state index contributed by atoms with van der Waals surface area (Å²) in [5, 5.41) is 13.8. The Bertz CT molecular complexity index is 909. The van der Waals surface area contributed by atoms with Crippen molar-refractivity contribution in [3.05, 3.63) is 83.4 Å². The van der Waals surface area contributed by atoms with E-state index in [1.165, 1.54) is 16.3 Å². The van der Waals surface area contributed by atoms with Gasteiger partial charge in [0.1, 0.15) is 0 Å². The van der Waals surface area contributed by atoms with Gasteiger partial charge in [-0.25, -0.2) is 0 Å². The van der Waals surface area contributed by atoms with Gasteiger partial charge < -0.3 is 10.0 Å². The highest BCUT2D eigenvalue weighted by Gasteiger charge is 2.35. The lowest BCUT2D eigenvalue weighted by Crippen LogP contribution is -2.41. The van der Waals surface area contributed by atoms with Crippen molar-refractivity contribution in [2.75, 3.05) is 20.1 Å². The zero-order valence-electron chi connectivity index (χ0n) is 15.1. The predicted molar refractivity (Wildman–Crippen MR) is 112 cm³/mol. The van der Waals surface area contributed by atoms with Gasteiger partial charge in [0.05, 0.1) is 10.9 Å². The smallest absolute Gasteiger partial charge is 0.0924 e. The average Bonchev–Trinajstić information content (AvgIpc) is 2.69. The fraction of sp³-hybridized carbons (Fsp3) is 0.304. The molecular formula is C23H25NOS. The van der Waals surface area contributed by atoms with E-state index in [0.29, 0.717) is 0 Å². The number of piperidine rings is 1. The Balaban J connectivity index is 1.79. The van der Waals surface area contributed by atoms with E-state index in [1.807, 2.05) is 12.1 Å². The number of fused-ring (bicyclic) bond motifs is 1. The minimum atomic E-state index is -0.769. The first-order valence-electron chi connectivity index (χ1n) is 9.24. The number of likely N-dealkylation sites (tertiary alicyclic amines) is 1. The fourth-order valence-electron chi connectivity index (χ4n) is 4.07. The summed E-state index contributed by atoms with van der Waals surface area (Å²) < 4.78 is 0. The van der Waals surface area contributed by atoms with Gasteiger partial charge in [0.15, 0.2) is 0 Å². The van der Waals surface area contributed by atoms with Crippen LogP contribution < -0.4 is 0 Å². The van der Waals surface area contributed by atoms with Crippen molar-refractivity contribution < 1.29 is 5.11 Å². The van der Waals surface area contributed by atoms with Gasteiger partial charge in [-0.1, -0.05) is 66.7 Å². The van der Waals surface area contributed by atoms with Crippen LogP contribution in [0.5, 0.6) is 0 Å². The standard InChI is InChI=1S/C23H25NOS/c1-24-15-13-23(25,14-16-24)21-12-5-4-10-20(21)22(26)19-11-6-8-17-7-2-3-9-18(17)19/h2-12,22,25-26H,13-16H2,1H3. The highest BCUT2D eigenvalue weighted by Crippen LogP contribution is 2.41. The summed E-state index contributed by atoms with van der Waals surface area (Å²) in [6.45, 7) is 1.83. The van der Waals surface area contributed by atoms with E-state index in [4.69, 9.17) is 12.6 Å². The Morgan fingerprint density at radius 2 is 1.50 bits per heavy atom. The zero-order valence-corrected chi connectivity index (χ0v) is 16.0. The van der Waals surface area contributed by atoms with Gasteiger partial charge in [-0.05, 0) is 47.4 Å². The van der Waals surface area contributed by atoms with Gasteiger partial charge in [0.2, 0.25) is 0 Å². The van der Waals surface area contributed by atoms with E-state index < -0.39 is 5.60 Å². The Morgan fingerprint density at radius 1 is 0.885 bits per heavy atom. The molecule has 0 aliphatic carbocycles. The van der Waals surface area contributed by atoms with Gasteiger partial charge in [-0.15, -0.1) is 0 Å². The number of benzene rings is 3. The lowest BCUT2D eigenvalue weighted by atomic mass is 9.80. The maximum atomic E-state index is 11.4. The molecule has 1 saturated heterocycles. The third-order valence-corrected chi connectivity index (χ3v) is 6.25. The number of rotatable bonds is 3. The summed E-state index contributed by atoms with van der Waals surface area (Å²) in [5.74, 6) is 0. The molecule has 0 bridgehead atoms. The van der Waals surface area contributed by atoms with Crippen LogP contribution in [0.15, 0.2) is 66.7 Å². The van der Waals surface area contributed by atoms with Crippen LogP contribution in [-0.2, 0) is 5.60 Å². The lowest BCUT2D eigenvalue weighted by molar-refractivity contribution is -0.0209. The van der Waals surface area contributed by atoms with Crippen LogP contribution in [0.4, 0.5) is 0 Å². The van der Waals surface area contributed by atoms with E-state index in [9.17, 15) is 5.11 Å². The molecule has 1 N–H and O–H groups in total. The van der Waals surface area contributed by atoms with E-state index in [2.05, 4.69) is 66.5 Å². The first kappa shape index (κ1) is 17.6. The van der Waals surface area contributed by atoms with E-state index in [0.717, 1.165) is 37.1 Å². The highest BCUT2D eigenvalue weighted by atomic mass is 32.1. The van der Waals surface area contributed by atoms with Gasteiger partial charge in [-0.2, -0.15) is 12.6 Å². The molecule has 0 radical (unpaired) electrons. The van der Waals surface area contributed by atoms with Gasteiger partial charge in [-0.3, -0.25) is 0 Å². The molecule has 26 heavy (non-hydrogen) atoms. The number of hydrogen-bond acceptors (Lipinski definition) is 3. The molecule has 1 unspecified atom stereocenters. The first-order chi connectivity index (χ1) is 12.6. The molecule has 0 amide bonds. The topological polar surface area (TPSA) is 23.5 Å². The Morgan fingerprint density at radius 3 is 2.31 bits per heavy atom. The van der Waals surface area contributed by atoms with E-state index in [-0.39, 0.29) is 5.25 Å². The van der Waals surface area contributed by atoms with Crippen molar-refractivity contribution in [2.24, 2.45) is 0 Å². The maximum Gasteiger partial charge on any atom is 0.0924 e. The molecule has 0 saturated carbocycles. The van der Waals surface area contributed by atoms with E-state index >= 15 is 0 Å². The van der Waals surface area contributed by atoms with Gasteiger partial charge >= 0.3 is 0 Å². The summed E-state index contributed by atoms with van der Waals surface area (Å²) in [5.41, 5.74) is 2.56. The zero-order chi connectivity index (χ0) is 18.1. The second-order valence-electron chi connectivity index (χ2n) is 7.39. The molecule has 3 aromatic carbocycles. The number of aliphatic hydroxyl groups is 1. The van der Waals surface area contributed by atoms with Crippen molar-refractivity contribution >= 4 is 23.4 Å². The number of thiol groups is 1. The Hall–Kier alpha value is -1.81. The summed E-state index contributed by atoms with van der Waals surface area (Å²) >= 11 is 5.01. The number of nitrogens with zero attached hydrogens (tertiary/aromatic N) is 1. The lowest BCUT2D eigenvalue weighted by Gasteiger charge is -2.38. The van der Waals surface area contributed by atoms with Crippen molar-refractivity contribution in [3.8, 4) is 0 Å². The highest BCUT2D eigenvalue weighted by molar-refractivity contribution is 7.80. The molecule has 134 valence electrons. The summed E-state index contributed by atoms with van der Waals surface area (Å²) in [7, 11) is 2.11. The van der Waals surface area contributed by atoms with Gasteiger partial charge in [0.25, 0.3) is 0 Å². The summed E-state index contributed by atoms with van der Waals surface area (Å²) in [6.07, 6.45) is 1.52. The normalized spacial score (nSPS) is 18.7. The molecule has 1 aliphatic rings. The van der Waals surface area contributed by atoms with Crippen LogP contribution in [0, 0.1) is 0 Å². The van der Waals surface area contributed by atoms with Crippen LogP contribution in [-0.4, -0.2) is 30.1 Å². The molecule has 3 aromatic rings. The second-order valence-corrected chi connectivity index (χ2v) is 7.91. The third kappa shape index (κ3) is 3.16. The van der Waals surface area contributed by atoms with Crippen molar-refractivity contribution in [3.63, 3.8) is 0 Å². The molecule has 4 rings (SSSR count). The average molecular weight is 364 g/mol. The monoisotopic (exact) mass is 363 g/mol. The second kappa shape index (κ2) is 7.07. The fourth-order valence-corrected chi connectivity index (χ4v) is 4.52. The largest absolute Gasteiger partial charge is 0.385 e. The van der Waals surface area contributed by atoms with Gasteiger partial charge in [0, 0.05) is 13.1 Å². The minimum absolute atomic E-state index is 0.0685. The summed E-state index contributed by atoms with van der Waals surface area (Å²) in [6, 6.07) is 23.1. The molecule has 0 aromatic heterocycles. The maximum absolute atomic E-state index is 11.4. The minimum Gasteiger partial charge on any atom is -0.385 e. The third-order valence-electron chi connectivity index (χ3n) is 5.69. The number of hydrogen-bond donors (Lipinski definition) is 2. The van der Waals surface area contributed by atoms with Crippen LogP contribution in [0.2, 0.25) is 0 Å². The summed E-state index contributed by atoms with van der Waals surface area (Å²) in [4.78, 5) is 2.28. The van der Waals surface area contributed by atoms with Crippen LogP contribution >= 0.6 is 12.6 Å². The Kier molecular flexibility index (Phi) is 4.78. The molecule has 2 nitrogen and oxygen atoms in total. The molecule has 1 fully saturated rings. The van der Waals surface area contributed by atoms with Crippen molar-refractivity contribution in [1.82, 2.24) is 4.90 Å². The van der Waals surface area contributed by atoms with Crippen molar-refractivity contribution in [2.45, 2.75) is 23.7 Å². The molecule has 1 aliphatic heterocycles. The first-order valence-corrected chi connectivity index (χ1v) is 9.76. The Labute approximate surface area is 160 Å². The quantitative estimate of drug-likeness (QED) is 0.655. The van der Waals surface area contributed by atoms with Crippen LogP contribution in [0.3, 0.4) is 0 Å². The van der Waals surface area contributed by atoms with E-state index in [1.54, 1.807) is 0 Å². The molecule has 1 atom stereocenters. The van der Waals surface area contributed by atoms with Crippen LogP contribution in [0.1, 0.15) is 34.8 Å². The molecular weight excluding hydrogens is 338 g/mol. The van der Waals surface area contributed by atoms with Crippen LogP contribution in [0.25, 0.3) is 10.8 Å². The predicted octanol–water partition coefficient (Wildman–Crippen LogP) is 4.77. The molecule has 1 heterocycles.